The Morgan fingerprint density at radius 2 is 1.89 bits per heavy atom. The number of imidazole rings is 1. The van der Waals surface area contributed by atoms with Crippen molar-refractivity contribution in [2.75, 3.05) is 0 Å². The van der Waals surface area contributed by atoms with Crippen LogP contribution in [0.25, 0.3) is 16.7 Å². The molecule has 180 valence electrons. The van der Waals surface area contributed by atoms with Crippen molar-refractivity contribution in [2.24, 2.45) is 15.9 Å². The van der Waals surface area contributed by atoms with Gasteiger partial charge in [-0.3, -0.25) is 4.79 Å². The van der Waals surface area contributed by atoms with Gasteiger partial charge in [0.2, 0.25) is 5.91 Å². The van der Waals surface area contributed by atoms with E-state index in [-0.39, 0.29) is 17.2 Å². The van der Waals surface area contributed by atoms with Crippen LogP contribution in [0.15, 0.2) is 59.7 Å². The fourth-order valence-corrected chi connectivity index (χ4v) is 5.52. The van der Waals surface area contributed by atoms with Gasteiger partial charge >= 0.3 is 0 Å². The number of para-hydroxylation sites is 3. The Morgan fingerprint density at radius 1 is 1.17 bits per heavy atom. The summed E-state index contributed by atoms with van der Waals surface area (Å²) in [6.07, 6.45) is 3.19. The maximum Gasteiger partial charge on any atom is 0.246 e. The third-order valence-electron chi connectivity index (χ3n) is 7.87. The normalized spacial score (nSPS) is 21.7. The van der Waals surface area contributed by atoms with Crippen LogP contribution in [0.1, 0.15) is 56.6 Å². The molecule has 8 heteroatoms. The number of H-pyrrole nitrogens is 1. The van der Waals surface area contributed by atoms with E-state index in [2.05, 4.69) is 34.5 Å². The van der Waals surface area contributed by atoms with E-state index in [4.69, 9.17) is 16.6 Å². The topological polar surface area (TPSA) is 88.0 Å². The number of fused-ring (bicyclic) bond motifs is 1. The van der Waals surface area contributed by atoms with Gasteiger partial charge in [0.1, 0.15) is 11.0 Å². The van der Waals surface area contributed by atoms with E-state index in [0.29, 0.717) is 10.7 Å². The summed E-state index contributed by atoms with van der Waals surface area (Å²) in [6, 6.07) is 17.7. The summed E-state index contributed by atoms with van der Waals surface area (Å²) in [5, 5.41) is 9.24. The lowest BCUT2D eigenvalue weighted by molar-refractivity contribution is -0.135. The zero-order valence-corrected chi connectivity index (χ0v) is 21.1. The van der Waals surface area contributed by atoms with Crippen LogP contribution in [-0.2, 0) is 4.79 Å². The average Bonchev–Trinajstić information content (AvgIpc) is 3.47. The molecule has 2 aromatic heterocycles. The van der Waals surface area contributed by atoms with Gasteiger partial charge in [0.25, 0.3) is 0 Å². The third-order valence-corrected chi connectivity index (χ3v) is 8.24. The minimum Gasteiger partial charge on any atom is -0.342 e. The molecule has 0 aliphatic heterocycles. The Morgan fingerprint density at radius 3 is 2.63 bits per heavy atom. The first kappa shape index (κ1) is 23.3. The molecule has 0 radical (unpaired) electrons. The number of halogens is 1. The molecule has 0 saturated heterocycles. The molecule has 2 heterocycles. The highest BCUT2D eigenvalue weighted by Gasteiger charge is 2.57. The van der Waals surface area contributed by atoms with Crippen LogP contribution >= 0.6 is 11.6 Å². The number of rotatable bonds is 5. The molecule has 35 heavy (non-hydrogen) atoms. The Kier molecular flexibility index (Phi) is 5.75. The highest BCUT2D eigenvalue weighted by atomic mass is 35.5. The van der Waals surface area contributed by atoms with Crippen LogP contribution in [0, 0.1) is 17.8 Å². The summed E-state index contributed by atoms with van der Waals surface area (Å²) in [6.45, 7) is 8.18. The molecule has 2 aromatic carbocycles. The van der Waals surface area contributed by atoms with E-state index in [9.17, 15) is 4.79 Å². The number of nitrogens with one attached hydrogen (secondary N) is 2. The monoisotopic (exact) mass is 488 g/mol. The van der Waals surface area contributed by atoms with Gasteiger partial charge in [-0.25, -0.2) is 15.1 Å². The molecule has 1 amide bonds. The highest BCUT2D eigenvalue weighted by Crippen LogP contribution is 2.59. The molecular formula is C27H29ClN6O. The van der Waals surface area contributed by atoms with E-state index in [0.717, 1.165) is 41.1 Å². The van der Waals surface area contributed by atoms with Crippen LogP contribution < -0.4 is 5.43 Å². The largest absolute Gasteiger partial charge is 0.342 e. The lowest BCUT2D eigenvalue weighted by atomic mass is 9.65. The van der Waals surface area contributed by atoms with Crippen LogP contribution in [0.3, 0.4) is 0 Å². The number of benzene rings is 2. The van der Waals surface area contributed by atoms with E-state index in [1.165, 1.54) is 0 Å². The molecule has 1 fully saturated rings. The number of carbonyl (C=O) groups excluding carboxylic acids is 1. The number of aromatic amines is 1. The summed E-state index contributed by atoms with van der Waals surface area (Å²) in [5.41, 5.74) is 6.07. The minimum atomic E-state index is -0.610. The lowest BCUT2D eigenvalue weighted by Crippen LogP contribution is -2.45. The van der Waals surface area contributed by atoms with Crippen molar-refractivity contribution in [3.63, 3.8) is 0 Å². The standard InChI is InChI=1S/C27H29ClN6O/c1-17-19(23(28)34(33-17)18-10-6-5-7-11-18)16-29-32-25(35)27(4)15-14-20(26(27,2)3)24-30-21-12-8-9-13-22(21)31-24/h5-13,16,20H,14-15H2,1-4H3,(H,30,31)(H,32,35)/b29-16-/t20-,27-/m0/s1. The number of carbonyl (C=O) groups is 1. The van der Waals surface area contributed by atoms with Crippen LogP contribution in [0.4, 0.5) is 0 Å². The quantitative estimate of drug-likeness (QED) is 0.276. The summed E-state index contributed by atoms with van der Waals surface area (Å²) < 4.78 is 1.67. The summed E-state index contributed by atoms with van der Waals surface area (Å²) >= 11 is 6.59. The Hall–Kier alpha value is -3.45. The zero-order chi connectivity index (χ0) is 24.8. The molecule has 4 aromatic rings. The Balaban J connectivity index is 1.34. The highest BCUT2D eigenvalue weighted by molar-refractivity contribution is 6.32. The zero-order valence-electron chi connectivity index (χ0n) is 20.3. The molecule has 0 bridgehead atoms. The van der Waals surface area contributed by atoms with E-state index in [1.807, 2.05) is 68.4 Å². The van der Waals surface area contributed by atoms with Gasteiger partial charge in [-0.2, -0.15) is 10.2 Å². The fraction of sp³-hybridized carbons (Fsp3) is 0.333. The number of hydrazone groups is 1. The lowest BCUT2D eigenvalue weighted by Gasteiger charge is -2.39. The third kappa shape index (κ3) is 3.84. The van der Waals surface area contributed by atoms with Crippen molar-refractivity contribution < 1.29 is 4.79 Å². The molecule has 2 N–H and O–H groups in total. The molecule has 0 spiro atoms. The van der Waals surface area contributed by atoms with Crippen molar-refractivity contribution in [1.82, 2.24) is 25.2 Å². The smallest absolute Gasteiger partial charge is 0.246 e. The maximum absolute atomic E-state index is 13.4. The van der Waals surface area contributed by atoms with Crippen molar-refractivity contribution in [2.45, 2.75) is 46.5 Å². The van der Waals surface area contributed by atoms with Gasteiger partial charge in [0.15, 0.2) is 0 Å². The summed E-state index contributed by atoms with van der Waals surface area (Å²) in [4.78, 5) is 21.7. The van der Waals surface area contributed by atoms with E-state index >= 15 is 0 Å². The van der Waals surface area contributed by atoms with Gasteiger partial charge in [0.05, 0.1) is 39.6 Å². The van der Waals surface area contributed by atoms with Crippen molar-refractivity contribution in [1.29, 1.82) is 0 Å². The van der Waals surface area contributed by atoms with Crippen molar-refractivity contribution in [3.05, 3.63) is 76.8 Å². The Labute approximate surface area is 209 Å². The van der Waals surface area contributed by atoms with E-state index in [1.54, 1.807) is 10.9 Å². The molecule has 1 aliphatic carbocycles. The molecule has 0 unspecified atom stereocenters. The predicted octanol–water partition coefficient (Wildman–Crippen LogP) is 5.77. The van der Waals surface area contributed by atoms with E-state index < -0.39 is 5.41 Å². The Bertz CT molecular complexity index is 1390. The summed E-state index contributed by atoms with van der Waals surface area (Å²) in [7, 11) is 0. The number of nitrogens with zero attached hydrogens (tertiary/aromatic N) is 4. The average molecular weight is 489 g/mol. The second-order valence-corrected chi connectivity index (χ2v) is 10.4. The van der Waals surface area contributed by atoms with Crippen LogP contribution in [0.2, 0.25) is 5.15 Å². The van der Waals surface area contributed by atoms with Crippen molar-refractivity contribution >= 4 is 34.8 Å². The number of aromatic nitrogens is 4. The predicted molar refractivity (Wildman–Crippen MR) is 139 cm³/mol. The molecule has 7 nitrogen and oxygen atoms in total. The number of hydrogen-bond donors (Lipinski definition) is 2. The van der Waals surface area contributed by atoms with Gasteiger partial charge in [0, 0.05) is 5.92 Å². The van der Waals surface area contributed by atoms with Gasteiger partial charge in [-0.05, 0) is 49.4 Å². The maximum atomic E-state index is 13.4. The molecule has 2 atom stereocenters. The number of hydrogen-bond acceptors (Lipinski definition) is 4. The van der Waals surface area contributed by atoms with Crippen LogP contribution in [-0.4, -0.2) is 31.9 Å². The second-order valence-electron chi connectivity index (χ2n) is 10.0. The first-order chi connectivity index (χ1) is 16.7. The second kappa shape index (κ2) is 8.64. The minimum absolute atomic E-state index is 0.110. The first-order valence-electron chi connectivity index (χ1n) is 11.8. The molecule has 1 aliphatic rings. The number of aryl methyl sites for hydroxylation is 1. The van der Waals surface area contributed by atoms with Crippen LogP contribution in [0.5, 0.6) is 0 Å². The van der Waals surface area contributed by atoms with Gasteiger partial charge in [-0.15, -0.1) is 0 Å². The molecule has 1 saturated carbocycles. The molecule has 5 rings (SSSR count). The van der Waals surface area contributed by atoms with Gasteiger partial charge in [-0.1, -0.05) is 62.7 Å². The number of amides is 1. The summed E-state index contributed by atoms with van der Waals surface area (Å²) in [5.74, 6) is 0.962. The first-order valence-corrected chi connectivity index (χ1v) is 12.2. The fourth-order valence-electron chi connectivity index (χ4n) is 5.20. The van der Waals surface area contributed by atoms with Crippen molar-refractivity contribution in [3.8, 4) is 5.69 Å². The molecular weight excluding hydrogens is 460 g/mol. The van der Waals surface area contributed by atoms with Gasteiger partial charge < -0.3 is 4.98 Å². The SMILES string of the molecule is Cc1nn(-c2ccccc2)c(Cl)c1/C=N\NC(=O)[C@]1(C)CC[C@@H](c2nc3ccccc3[nH]2)C1(C)C.